The van der Waals surface area contributed by atoms with E-state index in [2.05, 4.69) is 0 Å². The second-order valence-corrected chi connectivity index (χ2v) is 9.59. The molecule has 0 radical (unpaired) electrons. The Labute approximate surface area is 131 Å². The SMILES string of the molecule is NCCCCCCCCCCCC(O)(P(=O)(O)O)P(=O)(O)O. The van der Waals surface area contributed by atoms with Crippen molar-refractivity contribution in [1.82, 2.24) is 0 Å². The molecule has 22 heavy (non-hydrogen) atoms. The van der Waals surface area contributed by atoms with Crippen molar-refractivity contribution in [2.75, 3.05) is 6.54 Å². The van der Waals surface area contributed by atoms with Gasteiger partial charge < -0.3 is 30.4 Å². The van der Waals surface area contributed by atoms with Gasteiger partial charge in [0, 0.05) is 0 Å². The first-order valence-electron chi connectivity index (χ1n) is 7.60. The monoisotopic (exact) mass is 361 g/mol. The summed E-state index contributed by atoms with van der Waals surface area (Å²) in [5, 5.41) is 6.41. The van der Waals surface area contributed by atoms with Crippen LogP contribution in [0.3, 0.4) is 0 Å². The van der Waals surface area contributed by atoms with E-state index in [4.69, 9.17) is 25.3 Å². The Hall–Kier alpha value is 0.220. The van der Waals surface area contributed by atoms with Crippen LogP contribution in [0.2, 0.25) is 0 Å². The van der Waals surface area contributed by atoms with Crippen molar-refractivity contribution in [3.05, 3.63) is 0 Å². The summed E-state index contributed by atoms with van der Waals surface area (Å²) in [6.45, 7) is 0.710. The Morgan fingerprint density at radius 1 is 0.682 bits per heavy atom. The van der Waals surface area contributed by atoms with Crippen LogP contribution in [0.4, 0.5) is 0 Å². The molecule has 0 unspecified atom stereocenters. The lowest BCUT2D eigenvalue weighted by molar-refractivity contribution is 0.120. The molecule has 0 bridgehead atoms. The molecule has 0 heterocycles. The summed E-state index contributed by atoms with van der Waals surface area (Å²) in [6, 6.07) is 0. The van der Waals surface area contributed by atoms with Crippen molar-refractivity contribution >= 4 is 15.2 Å². The highest BCUT2D eigenvalue weighted by Gasteiger charge is 2.58. The molecule has 0 aliphatic heterocycles. The van der Waals surface area contributed by atoms with Gasteiger partial charge in [-0.15, -0.1) is 0 Å². The minimum absolute atomic E-state index is 0.153. The fourth-order valence-corrected chi connectivity index (χ4v) is 4.46. The lowest BCUT2D eigenvalue weighted by Gasteiger charge is -2.29. The van der Waals surface area contributed by atoms with Crippen molar-refractivity contribution in [1.29, 1.82) is 0 Å². The number of hydrogen-bond donors (Lipinski definition) is 6. The molecule has 0 saturated carbocycles. The molecule has 10 heteroatoms. The smallest absolute Gasteiger partial charge is 0.368 e. The van der Waals surface area contributed by atoms with E-state index >= 15 is 0 Å². The molecule has 7 N–H and O–H groups in total. The summed E-state index contributed by atoms with van der Waals surface area (Å²) in [4.78, 5) is 35.9. The van der Waals surface area contributed by atoms with Gasteiger partial charge in [0.1, 0.15) is 0 Å². The molecular formula is C12H29NO7P2. The molecule has 0 fully saturated rings. The van der Waals surface area contributed by atoms with E-state index in [1.807, 2.05) is 0 Å². The predicted octanol–water partition coefficient (Wildman–Crippen LogP) is 1.85. The highest BCUT2D eigenvalue weighted by Crippen LogP contribution is 2.69. The average Bonchev–Trinajstić information content (AvgIpc) is 2.38. The molecule has 0 aromatic heterocycles. The zero-order valence-electron chi connectivity index (χ0n) is 12.8. The van der Waals surface area contributed by atoms with Gasteiger partial charge in [-0.25, -0.2) is 0 Å². The number of rotatable bonds is 13. The van der Waals surface area contributed by atoms with Gasteiger partial charge >= 0.3 is 15.2 Å². The van der Waals surface area contributed by atoms with E-state index in [-0.39, 0.29) is 6.42 Å². The molecule has 0 rings (SSSR count). The average molecular weight is 361 g/mol. The molecule has 8 nitrogen and oxygen atoms in total. The van der Waals surface area contributed by atoms with E-state index in [1.54, 1.807) is 0 Å². The number of hydrogen-bond acceptors (Lipinski definition) is 4. The van der Waals surface area contributed by atoms with Gasteiger partial charge in [-0.2, -0.15) is 0 Å². The molecule has 0 atom stereocenters. The molecule has 0 aromatic carbocycles. The Kier molecular flexibility index (Phi) is 10.3. The lowest BCUT2D eigenvalue weighted by Crippen LogP contribution is -2.28. The van der Waals surface area contributed by atoms with Crippen LogP contribution in [-0.2, 0) is 9.13 Å². The predicted molar refractivity (Wildman–Crippen MR) is 84.3 cm³/mol. The van der Waals surface area contributed by atoms with Gasteiger partial charge in [0.15, 0.2) is 0 Å². The van der Waals surface area contributed by atoms with Crippen molar-refractivity contribution in [2.45, 2.75) is 69.3 Å². The van der Waals surface area contributed by atoms with Crippen molar-refractivity contribution < 1.29 is 33.8 Å². The zero-order chi connectivity index (χ0) is 17.3. The van der Waals surface area contributed by atoms with Gasteiger partial charge in [0.25, 0.3) is 5.08 Å². The molecule has 0 aromatic rings. The van der Waals surface area contributed by atoms with Crippen LogP contribution in [0.15, 0.2) is 0 Å². The Bertz CT molecular complexity index is 371. The largest absolute Gasteiger partial charge is 0.369 e. The summed E-state index contributed by atoms with van der Waals surface area (Å²) in [6.07, 6.45) is 7.29. The summed E-state index contributed by atoms with van der Waals surface area (Å²) < 4.78 is 22.3. The first-order valence-corrected chi connectivity index (χ1v) is 10.8. The Morgan fingerprint density at radius 3 is 1.32 bits per heavy atom. The quantitative estimate of drug-likeness (QED) is 0.214. The summed E-state index contributed by atoms with van der Waals surface area (Å²) >= 11 is 0. The highest BCUT2D eigenvalue weighted by atomic mass is 31.2. The maximum atomic E-state index is 11.1. The minimum atomic E-state index is -5.30. The molecule has 0 spiro atoms. The molecule has 0 aliphatic carbocycles. The molecule has 134 valence electrons. The fraction of sp³-hybridized carbons (Fsp3) is 1.00. The summed E-state index contributed by atoms with van der Waals surface area (Å²) in [5.41, 5.74) is 5.39. The maximum absolute atomic E-state index is 11.1. The maximum Gasteiger partial charge on any atom is 0.369 e. The van der Waals surface area contributed by atoms with E-state index in [0.717, 1.165) is 44.9 Å². The normalized spacial score (nSPS) is 13.5. The lowest BCUT2D eigenvalue weighted by atomic mass is 10.1. The third-order valence-electron chi connectivity index (χ3n) is 3.65. The van der Waals surface area contributed by atoms with E-state index in [1.165, 1.54) is 0 Å². The van der Waals surface area contributed by atoms with Crippen LogP contribution in [0.1, 0.15) is 64.2 Å². The minimum Gasteiger partial charge on any atom is -0.368 e. The first kappa shape index (κ1) is 22.2. The molecule has 0 aliphatic rings. The van der Waals surface area contributed by atoms with Gasteiger partial charge in [-0.1, -0.05) is 44.9 Å². The fourth-order valence-electron chi connectivity index (χ4n) is 2.20. The second-order valence-electron chi connectivity index (χ2n) is 5.58. The third kappa shape index (κ3) is 7.66. The van der Waals surface area contributed by atoms with E-state index in [9.17, 15) is 14.2 Å². The number of aliphatic hydroxyl groups is 1. The Morgan fingerprint density at radius 2 is 1.00 bits per heavy atom. The van der Waals surface area contributed by atoms with E-state index in [0.29, 0.717) is 13.0 Å². The molecule has 0 saturated heterocycles. The summed E-state index contributed by atoms with van der Waals surface area (Å²) in [7, 11) is -10.6. The van der Waals surface area contributed by atoms with Crippen LogP contribution in [0.5, 0.6) is 0 Å². The summed E-state index contributed by atoms with van der Waals surface area (Å²) in [5.74, 6) is 0. The van der Waals surface area contributed by atoms with E-state index < -0.39 is 26.7 Å². The van der Waals surface area contributed by atoms with Crippen LogP contribution in [0.25, 0.3) is 0 Å². The van der Waals surface area contributed by atoms with Gasteiger partial charge in [0.05, 0.1) is 0 Å². The third-order valence-corrected chi connectivity index (χ3v) is 7.53. The first-order chi connectivity index (χ1) is 10.1. The van der Waals surface area contributed by atoms with Gasteiger partial charge in [-0.3, -0.25) is 9.13 Å². The second kappa shape index (κ2) is 10.2. The van der Waals surface area contributed by atoms with Crippen molar-refractivity contribution in [3.8, 4) is 0 Å². The topological polar surface area (TPSA) is 161 Å². The number of nitrogens with two attached hydrogens (primary N) is 1. The molecule has 0 amide bonds. The van der Waals surface area contributed by atoms with Crippen LogP contribution >= 0.6 is 15.2 Å². The van der Waals surface area contributed by atoms with Crippen LogP contribution in [0, 0.1) is 0 Å². The number of unbranched alkanes of at least 4 members (excludes halogenated alkanes) is 8. The van der Waals surface area contributed by atoms with Crippen molar-refractivity contribution in [2.24, 2.45) is 5.73 Å². The standard InChI is InChI=1S/C12H29NO7P2/c13-11-9-7-5-3-1-2-4-6-8-10-12(14,21(15,16)17)22(18,19)20/h14H,1-11,13H2,(H2,15,16,17)(H2,18,19,20). The van der Waals surface area contributed by atoms with Gasteiger partial charge in [-0.05, 0) is 25.8 Å². The van der Waals surface area contributed by atoms with Crippen LogP contribution in [-0.4, -0.2) is 36.3 Å². The van der Waals surface area contributed by atoms with Crippen LogP contribution < -0.4 is 5.73 Å². The zero-order valence-corrected chi connectivity index (χ0v) is 14.6. The highest BCUT2D eigenvalue weighted by molar-refractivity contribution is 7.72. The Balaban J connectivity index is 3.94. The molecular weight excluding hydrogens is 332 g/mol. The van der Waals surface area contributed by atoms with Gasteiger partial charge in [0.2, 0.25) is 0 Å². The van der Waals surface area contributed by atoms with Crippen molar-refractivity contribution in [3.63, 3.8) is 0 Å².